The molecule has 1 aliphatic rings. The van der Waals surface area contributed by atoms with Gasteiger partial charge in [0.1, 0.15) is 5.70 Å². The molecule has 0 radical (unpaired) electrons. The van der Waals surface area contributed by atoms with Gasteiger partial charge in [0.15, 0.2) is 11.5 Å². The third kappa shape index (κ3) is 3.72. The molecule has 8 heteroatoms. The highest BCUT2D eigenvalue weighted by molar-refractivity contribution is 5.74. The number of nitrogens with one attached hydrogen (secondary N) is 2. The van der Waals surface area contributed by atoms with Crippen LogP contribution in [0.3, 0.4) is 0 Å². The molecule has 24 heavy (non-hydrogen) atoms. The standard InChI is InChI=1S/C16H19N5O3/c1-22-13-4-3-11(7-14(13)23-2)8-18-10-15-20-16(21-24-15)12-9-17-5-6-19-12/h3-4,6-7,9,17-18H,5,8,10H2,1-2H3. The summed E-state index contributed by atoms with van der Waals surface area (Å²) in [6, 6.07) is 5.78. The van der Waals surface area contributed by atoms with E-state index in [9.17, 15) is 0 Å². The Bertz CT molecular complexity index is 754. The summed E-state index contributed by atoms with van der Waals surface area (Å²) < 4.78 is 15.7. The van der Waals surface area contributed by atoms with E-state index in [2.05, 4.69) is 25.8 Å². The molecular weight excluding hydrogens is 310 g/mol. The zero-order valence-corrected chi connectivity index (χ0v) is 13.6. The molecule has 0 atom stereocenters. The highest BCUT2D eigenvalue weighted by atomic mass is 16.5. The molecule has 126 valence electrons. The maximum absolute atomic E-state index is 5.29. The van der Waals surface area contributed by atoms with Crippen molar-refractivity contribution in [1.82, 2.24) is 20.8 Å². The van der Waals surface area contributed by atoms with E-state index in [0.717, 1.165) is 5.56 Å². The van der Waals surface area contributed by atoms with Gasteiger partial charge in [0, 0.05) is 25.5 Å². The highest BCUT2D eigenvalue weighted by Gasteiger charge is 2.11. The summed E-state index contributed by atoms with van der Waals surface area (Å²) >= 11 is 0. The predicted octanol–water partition coefficient (Wildman–Crippen LogP) is 1.35. The van der Waals surface area contributed by atoms with Crippen molar-refractivity contribution in [2.24, 2.45) is 4.99 Å². The molecule has 0 fully saturated rings. The van der Waals surface area contributed by atoms with Crippen LogP contribution in [-0.2, 0) is 13.1 Å². The SMILES string of the molecule is COc1ccc(CNCc2nc(C3=CNCC=N3)no2)cc1OC. The smallest absolute Gasteiger partial charge is 0.240 e. The van der Waals surface area contributed by atoms with Crippen LogP contribution in [-0.4, -0.2) is 37.1 Å². The fraction of sp³-hybridized carbons (Fsp3) is 0.312. The lowest BCUT2D eigenvalue weighted by molar-refractivity contribution is 0.353. The number of methoxy groups -OCH3 is 2. The van der Waals surface area contributed by atoms with Gasteiger partial charge in [0.25, 0.3) is 0 Å². The van der Waals surface area contributed by atoms with E-state index in [-0.39, 0.29) is 0 Å². The van der Waals surface area contributed by atoms with Crippen LogP contribution in [0.1, 0.15) is 17.3 Å². The minimum absolute atomic E-state index is 0.464. The van der Waals surface area contributed by atoms with Crippen molar-refractivity contribution in [3.63, 3.8) is 0 Å². The van der Waals surface area contributed by atoms with E-state index < -0.39 is 0 Å². The van der Waals surface area contributed by atoms with E-state index in [1.54, 1.807) is 26.6 Å². The first kappa shape index (κ1) is 16.0. The third-order valence-corrected chi connectivity index (χ3v) is 3.43. The summed E-state index contributed by atoms with van der Waals surface area (Å²) in [5.74, 6) is 2.39. The second-order valence-corrected chi connectivity index (χ2v) is 5.05. The first-order valence-corrected chi connectivity index (χ1v) is 7.51. The monoisotopic (exact) mass is 329 g/mol. The number of aromatic nitrogens is 2. The molecule has 8 nitrogen and oxygen atoms in total. The normalized spacial score (nSPS) is 13.3. The van der Waals surface area contributed by atoms with Crippen molar-refractivity contribution in [2.75, 3.05) is 20.8 Å². The van der Waals surface area contributed by atoms with Gasteiger partial charge in [-0.25, -0.2) is 0 Å². The lowest BCUT2D eigenvalue weighted by atomic mass is 10.2. The van der Waals surface area contributed by atoms with Crippen LogP contribution in [0.25, 0.3) is 5.70 Å². The molecule has 1 aromatic carbocycles. The number of benzene rings is 1. The van der Waals surface area contributed by atoms with Crippen LogP contribution in [0.4, 0.5) is 0 Å². The average molecular weight is 329 g/mol. The van der Waals surface area contributed by atoms with Crippen molar-refractivity contribution in [3.05, 3.63) is 41.7 Å². The third-order valence-electron chi connectivity index (χ3n) is 3.43. The molecule has 3 rings (SSSR count). The Morgan fingerprint density at radius 3 is 2.83 bits per heavy atom. The summed E-state index contributed by atoms with van der Waals surface area (Å²) in [4.78, 5) is 8.54. The van der Waals surface area contributed by atoms with Crippen LogP contribution < -0.4 is 20.1 Å². The van der Waals surface area contributed by atoms with E-state index in [1.165, 1.54) is 0 Å². The highest BCUT2D eigenvalue weighted by Crippen LogP contribution is 2.27. The summed E-state index contributed by atoms with van der Waals surface area (Å²) in [7, 11) is 3.23. The largest absolute Gasteiger partial charge is 0.493 e. The maximum Gasteiger partial charge on any atom is 0.240 e. The van der Waals surface area contributed by atoms with Crippen LogP contribution >= 0.6 is 0 Å². The Kier molecular flexibility index (Phi) is 5.07. The van der Waals surface area contributed by atoms with Crippen molar-refractivity contribution in [2.45, 2.75) is 13.1 Å². The first-order chi connectivity index (χ1) is 11.8. The number of rotatable bonds is 7. The fourth-order valence-electron chi connectivity index (χ4n) is 2.25. The predicted molar refractivity (Wildman–Crippen MR) is 88.9 cm³/mol. The maximum atomic E-state index is 5.29. The Morgan fingerprint density at radius 2 is 2.08 bits per heavy atom. The van der Waals surface area contributed by atoms with E-state index in [1.807, 2.05) is 18.2 Å². The van der Waals surface area contributed by atoms with Crippen molar-refractivity contribution < 1.29 is 14.0 Å². The van der Waals surface area contributed by atoms with Crippen LogP contribution in [0, 0.1) is 0 Å². The molecular formula is C16H19N5O3. The van der Waals surface area contributed by atoms with Gasteiger partial charge in [-0.05, 0) is 17.7 Å². The van der Waals surface area contributed by atoms with Gasteiger partial charge in [-0.1, -0.05) is 11.2 Å². The molecule has 0 spiro atoms. The Hall–Kier alpha value is -2.87. The second kappa shape index (κ2) is 7.60. The molecule has 0 saturated heterocycles. The van der Waals surface area contributed by atoms with Gasteiger partial charge < -0.3 is 24.6 Å². The average Bonchev–Trinajstić information content (AvgIpc) is 3.11. The summed E-state index contributed by atoms with van der Waals surface area (Å²) in [6.07, 6.45) is 3.53. The van der Waals surface area contributed by atoms with Gasteiger partial charge in [-0.15, -0.1) is 0 Å². The quantitative estimate of drug-likeness (QED) is 0.792. The Labute approximate surface area is 139 Å². The second-order valence-electron chi connectivity index (χ2n) is 5.05. The minimum atomic E-state index is 0.464. The van der Waals surface area contributed by atoms with Crippen LogP contribution in [0.15, 0.2) is 33.9 Å². The van der Waals surface area contributed by atoms with E-state index in [0.29, 0.717) is 48.5 Å². The molecule has 2 heterocycles. The molecule has 2 N–H and O–H groups in total. The molecule has 0 aliphatic carbocycles. The van der Waals surface area contributed by atoms with Crippen LogP contribution in [0.5, 0.6) is 11.5 Å². The number of hydrogen-bond donors (Lipinski definition) is 2. The number of nitrogens with zero attached hydrogens (tertiary/aromatic N) is 3. The van der Waals surface area contributed by atoms with E-state index in [4.69, 9.17) is 14.0 Å². The first-order valence-electron chi connectivity index (χ1n) is 7.51. The minimum Gasteiger partial charge on any atom is -0.493 e. The van der Waals surface area contributed by atoms with Gasteiger partial charge in [0.05, 0.1) is 20.8 Å². The van der Waals surface area contributed by atoms with Crippen molar-refractivity contribution in [3.8, 4) is 11.5 Å². The number of aliphatic imine (C=N–C) groups is 1. The van der Waals surface area contributed by atoms with E-state index >= 15 is 0 Å². The Morgan fingerprint density at radius 1 is 1.21 bits per heavy atom. The van der Waals surface area contributed by atoms with Gasteiger partial charge in [-0.2, -0.15) is 4.98 Å². The zero-order chi connectivity index (χ0) is 16.8. The number of hydrogen-bond acceptors (Lipinski definition) is 8. The Balaban J connectivity index is 1.56. The summed E-state index contributed by atoms with van der Waals surface area (Å²) in [6.45, 7) is 1.81. The molecule has 1 aliphatic heterocycles. The molecule has 2 aromatic rings. The summed E-state index contributed by atoms with van der Waals surface area (Å²) in [5.41, 5.74) is 1.73. The lowest BCUT2D eigenvalue weighted by Gasteiger charge is -2.09. The zero-order valence-electron chi connectivity index (χ0n) is 13.6. The van der Waals surface area contributed by atoms with Gasteiger partial charge in [0.2, 0.25) is 11.7 Å². The molecule has 1 aromatic heterocycles. The topological polar surface area (TPSA) is 93.8 Å². The summed E-state index contributed by atoms with van der Waals surface area (Å²) in [5, 5.41) is 10.2. The van der Waals surface area contributed by atoms with Gasteiger partial charge in [-0.3, -0.25) is 4.99 Å². The van der Waals surface area contributed by atoms with Gasteiger partial charge >= 0.3 is 0 Å². The molecule has 0 bridgehead atoms. The lowest BCUT2D eigenvalue weighted by Crippen LogP contribution is -2.14. The van der Waals surface area contributed by atoms with Crippen LogP contribution in [0.2, 0.25) is 0 Å². The fourth-order valence-corrected chi connectivity index (χ4v) is 2.25. The van der Waals surface area contributed by atoms with Crippen molar-refractivity contribution in [1.29, 1.82) is 0 Å². The molecule has 0 amide bonds. The molecule has 0 unspecified atom stereocenters. The molecule has 0 saturated carbocycles. The number of ether oxygens (including phenoxy) is 2. The van der Waals surface area contributed by atoms with Crippen molar-refractivity contribution >= 4 is 11.9 Å².